The monoisotopic (exact) mass is 168 g/mol. The van der Waals surface area contributed by atoms with E-state index in [4.69, 9.17) is 0 Å². The van der Waals surface area contributed by atoms with Crippen LogP contribution in [0, 0.1) is 0 Å². The van der Waals surface area contributed by atoms with Crippen LogP contribution in [-0.4, -0.2) is 13.3 Å². The Morgan fingerprint density at radius 2 is 1.92 bits per heavy atom. The topological polar surface area (TPSA) is 44.8 Å². The number of hydrogen-bond acceptors (Lipinski definition) is 4. The van der Waals surface area contributed by atoms with Gasteiger partial charge in [0, 0.05) is 0 Å². The first kappa shape index (κ1) is 8.55. The molecule has 0 aliphatic rings. The van der Waals surface area contributed by atoms with Crippen molar-refractivity contribution in [2.75, 3.05) is 7.11 Å². The van der Waals surface area contributed by atoms with Gasteiger partial charge < -0.3 is 4.74 Å². The Balaban J connectivity index is 2.47. The lowest BCUT2D eigenvalue weighted by molar-refractivity contribution is -0.224. The number of para-hydroxylation sites is 1. The molecule has 0 spiro atoms. The second-order valence-electron chi connectivity index (χ2n) is 1.92. The minimum absolute atomic E-state index is 0.416. The van der Waals surface area contributed by atoms with Crippen LogP contribution < -0.4 is 4.74 Å². The number of rotatable bonds is 2. The third kappa shape index (κ3) is 2.59. The van der Waals surface area contributed by atoms with Gasteiger partial charge in [0.25, 0.3) is 0 Å². The molecule has 1 aromatic carbocycles. The van der Waals surface area contributed by atoms with Gasteiger partial charge in [-0.2, -0.15) is 4.89 Å². The molecule has 4 nitrogen and oxygen atoms in total. The molecule has 0 radical (unpaired) electrons. The minimum atomic E-state index is -0.885. The molecule has 0 bridgehead atoms. The van der Waals surface area contributed by atoms with Crippen LogP contribution in [0.25, 0.3) is 0 Å². The number of carbonyl (C=O) groups excluding carboxylic acids is 1. The highest BCUT2D eigenvalue weighted by Gasteiger charge is 2.04. The Bertz CT molecular complexity index is 244. The Labute approximate surface area is 69.6 Å². The second-order valence-corrected chi connectivity index (χ2v) is 1.92. The number of ether oxygens (including phenoxy) is 1. The molecule has 0 N–H and O–H groups in total. The molecule has 0 saturated heterocycles. The molecule has 12 heavy (non-hydrogen) atoms. The van der Waals surface area contributed by atoms with Crippen molar-refractivity contribution in [1.29, 1.82) is 0 Å². The van der Waals surface area contributed by atoms with Gasteiger partial charge in [0.15, 0.2) is 0 Å². The summed E-state index contributed by atoms with van der Waals surface area (Å²) < 4.78 is 4.67. The first-order valence-corrected chi connectivity index (χ1v) is 3.30. The maximum Gasteiger partial charge on any atom is 0.546 e. The van der Waals surface area contributed by atoms with Crippen LogP contribution in [-0.2, 0) is 9.78 Å². The maximum atomic E-state index is 10.6. The van der Waals surface area contributed by atoms with E-state index in [0.29, 0.717) is 5.75 Å². The van der Waals surface area contributed by atoms with Gasteiger partial charge in [-0.05, 0) is 12.1 Å². The fourth-order valence-electron chi connectivity index (χ4n) is 0.670. The van der Waals surface area contributed by atoms with Gasteiger partial charge >= 0.3 is 6.16 Å². The van der Waals surface area contributed by atoms with Gasteiger partial charge in [0.2, 0.25) is 0 Å². The van der Waals surface area contributed by atoms with E-state index in [2.05, 4.69) is 14.5 Å². The molecule has 0 fully saturated rings. The van der Waals surface area contributed by atoms with Crippen molar-refractivity contribution in [3.63, 3.8) is 0 Å². The van der Waals surface area contributed by atoms with E-state index in [0.717, 1.165) is 0 Å². The molecule has 0 atom stereocenters. The van der Waals surface area contributed by atoms with E-state index in [9.17, 15) is 4.79 Å². The Hall–Kier alpha value is -1.55. The summed E-state index contributed by atoms with van der Waals surface area (Å²) >= 11 is 0. The highest BCUT2D eigenvalue weighted by atomic mass is 17.2. The zero-order valence-electron chi connectivity index (χ0n) is 6.52. The quantitative estimate of drug-likeness (QED) is 0.292. The summed E-state index contributed by atoms with van der Waals surface area (Å²) in [6.45, 7) is 0. The van der Waals surface area contributed by atoms with Crippen molar-refractivity contribution in [3.8, 4) is 5.75 Å². The minimum Gasteiger partial charge on any atom is -0.393 e. The van der Waals surface area contributed by atoms with E-state index in [1.165, 1.54) is 7.11 Å². The highest BCUT2D eigenvalue weighted by molar-refractivity contribution is 5.62. The summed E-state index contributed by atoms with van der Waals surface area (Å²) in [5.74, 6) is 0.416. The normalized spacial score (nSPS) is 9.08. The average Bonchev–Trinajstić information content (AvgIpc) is 2.06. The lowest BCUT2D eigenvalue weighted by Crippen LogP contribution is -2.09. The van der Waals surface area contributed by atoms with E-state index < -0.39 is 6.16 Å². The van der Waals surface area contributed by atoms with Crippen molar-refractivity contribution < 1.29 is 19.3 Å². The van der Waals surface area contributed by atoms with Gasteiger partial charge in [-0.3, -0.25) is 4.89 Å². The van der Waals surface area contributed by atoms with Gasteiger partial charge in [-0.1, -0.05) is 18.2 Å². The van der Waals surface area contributed by atoms with Crippen molar-refractivity contribution in [3.05, 3.63) is 30.3 Å². The van der Waals surface area contributed by atoms with E-state index in [-0.39, 0.29) is 0 Å². The lowest BCUT2D eigenvalue weighted by Gasteiger charge is -2.00. The van der Waals surface area contributed by atoms with Crippen molar-refractivity contribution in [2.45, 2.75) is 0 Å². The molecule has 0 aromatic heterocycles. The molecule has 0 unspecified atom stereocenters. The van der Waals surface area contributed by atoms with Gasteiger partial charge in [0.05, 0.1) is 7.11 Å². The molecule has 0 amide bonds. The molecular formula is C8H8O4. The summed E-state index contributed by atoms with van der Waals surface area (Å²) in [5, 5.41) is 0. The molecule has 0 heterocycles. The van der Waals surface area contributed by atoms with Gasteiger partial charge in [-0.15, -0.1) is 0 Å². The van der Waals surface area contributed by atoms with Crippen molar-refractivity contribution >= 4 is 6.16 Å². The van der Waals surface area contributed by atoms with Crippen molar-refractivity contribution in [1.82, 2.24) is 0 Å². The average molecular weight is 168 g/mol. The van der Waals surface area contributed by atoms with Crippen molar-refractivity contribution in [2.24, 2.45) is 0 Å². The zero-order chi connectivity index (χ0) is 8.81. The molecule has 0 aliphatic carbocycles. The van der Waals surface area contributed by atoms with Crippen LogP contribution >= 0.6 is 0 Å². The summed E-state index contributed by atoms with van der Waals surface area (Å²) in [4.78, 5) is 18.8. The molecule has 1 aromatic rings. The Morgan fingerprint density at radius 3 is 2.50 bits per heavy atom. The zero-order valence-corrected chi connectivity index (χ0v) is 6.52. The van der Waals surface area contributed by atoms with Crippen LogP contribution in [0.5, 0.6) is 5.75 Å². The number of hydrogen-bond donors (Lipinski definition) is 0. The van der Waals surface area contributed by atoms with Crippen LogP contribution in [0.1, 0.15) is 0 Å². The highest BCUT2D eigenvalue weighted by Crippen LogP contribution is 2.08. The number of carbonyl (C=O) groups is 1. The van der Waals surface area contributed by atoms with Gasteiger partial charge in [-0.25, -0.2) is 4.79 Å². The first-order chi connectivity index (χ1) is 5.83. The predicted octanol–water partition coefficient (Wildman–Crippen LogP) is 1.76. The second kappa shape index (κ2) is 4.35. The van der Waals surface area contributed by atoms with E-state index >= 15 is 0 Å². The molecule has 0 aliphatic heterocycles. The van der Waals surface area contributed by atoms with Crippen LogP contribution in [0.2, 0.25) is 0 Å². The maximum absolute atomic E-state index is 10.6. The molecule has 4 heteroatoms. The Kier molecular flexibility index (Phi) is 3.10. The summed E-state index contributed by atoms with van der Waals surface area (Å²) in [6, 6.07) is 8.58. The molecule has 64 valence electrons. The van der Waals surface area contributed by atoms with Crippen LogP contribution in [0.4, 0.5) is 4.79 Å². The molecule has 1 rings (SSSR count). The first-order valence-electron chi connectivity index (χ1n) is 3.30. The summed E-state index contributed by atoms with van der Waals surface area (Å²) in [6.07, 6.45) is -0.885. The van der Waals surface area contributed by atoms with E-state index in [1.54, 1.807) is 24.3 Å². The van der Waals surface area contributed by atoms with E-state index in [1.807, 2.05) is 6.07 Å². The largest absolute Gasteiger partial charge is 0.546 e. The number of benzene rings is 1. The smallest absolute Gasteiger partial charge is 0.393 e. The lowest BCUT2D eigenvalue weighted by atomic mass is 10.3. The Morgan fingerprint density at radius 1 is 1.25 bits per heavy atom. The summed E-state index contributed by atoms with van der Waals surface area (Å²) in [7, 11) is 1.23. The van der Waals surface area contributed by atoms with Crippen LogP contribution in [0.3, 0.4) is 0 Å². The molecular weight excluding hydrogens is 160 g/mol. The standard InChI is InChI=1S/C8H8O4/c1-10-12-8(9)11-7-5-3-2-4-6-7/h2-6H,1H3. The van der Waals surface area contributed by atoms with Crippen LogP contribution in [0.15, 0.2) is 30.3 Å². The molecule has 0 saturated carbocycles. The summed E-state index contributed by atoms with van der Waals surface area (Å²) in [5.41, 5.74) is 0. The fraction of sp³-hybridized carbons (Fsp3) is 0.125. The fourth-order valence-corrected chi connectivity index (χ4v) is 0.670. The van der Waals surface area contributed by atoms with Gasteiger partial charge in [0.1, 0.15) is 5.75 Å². The SMILES string of the molecule is COOC(=O)Oc1ccccc1. The predicted molar refractivity (Wildman–Crippen MR) is 40.6 cm³/mol. The third-order valence-electron chi connectivity index (χ3n) is 1.10. The third-order valence-corrected chi connectivity index (χ3v) is 1.10.